The number of hydrogen-bond acceptors (Lipinski definition) is 8. The third kappa shape index (κ3) is 14.0. The Balaban J connectivity index is 4.39. The van der Waals surface area contributed by atoms with Crippen LogP contribution in [0.3, 0.4) is 0 Å². The molecular formula is C19H41NO8Si. The van der Waals surface area contributed by atoms with E-state index in [4.69, 9.17) is 32.2 Å². The highest BCUT2D eigenvalue weighted by atomic mass is 28.4. The van der Waals surface area contributed by atoms with E-state index in [0.717, 1.165) is 31.7 Å². The molecule has 0 saturated heterocycles. The summed E-state index contributed by atoms with van der Waals surface area (Å²) in [6.45, 7) is 6.22. The van der Waals surface area contributed by atoms with Gasteiger partial charge in [0.2, 0.25) is 0 Å². The zero-order chi connectivity index (χ0) is 22.0. The van der Waals surface area contributed by atoms with Crippen LogP contribution in [0.15, 0.2) is 0 Å². The summed E-state index contributed by atoms with van der Waals surface area (Å²) in [4.78, 5) is 11.6. The maximum Gasteiger partial charge on any atom is 0.500 e. The van der Waals surface area contributed by atoms with Crippen molar-refractivity contribution >= 4 is 14.9 Å². The average molecular weight is 440 g/mol. The predicted molar refractivity (Wildman–Crippen MR) is 112 cm³/mol. The van der Waals surface area contributed by atoms with Crippen LogP contribution in [-0.4, -0.2) is 88.5 Å². The van der Waals surface area contributed by atoms with Crippen molar-refractivity contribution in [3.8, 4) is 0 Å². The highest BCUT2D eigenvalue weighted by molar-refractivity contribution is 6.60. The van der Waals surface area contributed by atoms with Crippen molar-refractivity contribution in [3.05, 3.63) is 0 Å². The molecule has 0 aliphatic rings. The fraction of sp³-hybridized carbons (Fsp3) is 0.947. The standard InChI is InChI=1S/C19H41NO8Si/c1-7-26-19(21)20-15-18(28-16-17(2)27-13-10-12-22-3)11-8-9-14-29(23-4,24-5)25-6/h17-18H,7-16H2,1-6H3,(H,20,21). The first-order chi connectivity index (χ1) is 14.0. The second kappa shape index (κ2) is 18.1. The molecule has 0 aliphatic carbocycles. The van der Waals surface area contributed by atoms with E-state index in [9.17, 15) is 4.79 Å². The zero-order valence-electron chi connectivity index (χ0n) is 19.0. The van der Waals surface area contributed by atoms with E-state index in [1.54, 1.807) is 35.4 Å². The third-order valence-corrected chi connectivity index (χ3v) is 7.24. The molecule has 0 fully saturated rings. The zero-order valence-corrected chi connectivity index (χ0v) is 20.0. The summed E-state index contributed by atoms with van der Waals surface area (Å²) < 4.78 is 38.0. The summed E-state index contributed by atoms with van der Waals surface area (Å²) in [6, 6.07) is 0.730. The molecule has 2 unspecified atom stereocenters. The number of rotatable bonds is 19. The fourth-order valence-corrected chi connectivity index (χ4v) is 4.50. The molecule has 0 bridgehead atoms. The van der Waals surface area contributed by atoms with Crippen molar-refractivity contribution in [2.24, 2.45) is 0 Å². The predicted octanol–water partition coefficient (Wildman–Crippen LogP) is 2.61. The SMILES string of the molecule is CCOC(=O)NCC(CCCC[Si](OC)(OC)OC)OCC(C)OCCCOC. The van der Waals surface area contributed by atoms with Gasteiger partial charge in [0.05, 0.1) is 25.4 Å². The largest absolute Gasteiger partial charge is 0.500 e. The Morgan fingerprint density at radius 1 is 0.966 bits per heavy atom. The first-order valence-electron chi connectivity index (χ1n) is 10.2. The van der Waals surface area contributed by atoms with E-state index in [-0.39, 0.29) is 12.2 Å². The molecule has 0 saturated carbocycles. The van der Waals surface area contributed by atoms with Crippen molar-refractivity contribution in [2.45, 2.75) is 57.8 Å². The van der Waals surface area contributed by atoms with Crippen molar-refractivity contribution in [1.82, 2.24) is 5.32 Å². The van der Waals surface area contributed by atoms with Crippen molar-refractivity contribution in [3.63, 3.8) is 0 Å². The summed E-state index contributed by atoms with van der Waals surface area (Å²) in [6.07, 6.45) is 2.80. The van der Waals surface area contributed by atoms with Gasteiger partial charge in [-0.1, -0.05) is 6.42 Å². The summed E-state index contributed by atoms with van der Waals surface area (Å²) in [5, 5.41) is 2.75. The Morgan fingerprint density at radius 2 is 1.66 bits per heavy atom. The second-order valence-corrected chi connectivity index (χ2v) is 9.72. The van der Waals surface area contributed by atoms with Crippen LogP contribution >= 0.6 is 0 Å². The van der Waals surface area contributed by atoms with Crippen LogP contribution in [0.1, 0.15) is 39.5 Å². The highest BCUT2D eigenvalue weighted by Gasteiger charge is 2.36. The summed E-state index contributed by atoms with van der Waals surface area (Å²) in [5.41, 5.74) is 0. The van der Waals surface area contributed by atoms with E-state index in [0.29, 0.717) is 33.0 Å². The lowest BCUT2D eigenvalue weighted by Gasteiger charge is -2.25. The van der Waals surface area contributed by atoms with E-state index in [2.05, 4.69) is 5.32 Å². The van der Waals surface area contributed by atoms with Crippen molar-refractivity contribution in [1.29, 1.82) is 0 Å². The first kappa shape index (κ1) is 28.2. The lowest BCUT2D eigenvalue weighted by Crippen LogP contribution is -2.42. The van der Waals surface area contributed by atoms with Gasteiger partial charge in [-0.05, 0) is 33.1 Å². The molecule has 9 nitrogen and oxygen atoms in total. The number of carbonyl (C=O) groups excluding carboxylic acids is 1. The van der Waals surface area contributed by atoms with Gasteiger partial charge in [0, 0.05) is 54.2 Å². The average Bonchev–Trinajstić information content (AvgIpc) is 2.73. The normalized spacial score (nSPS) is 13.9. The van der Waals surface area contributed by atoms with E-state index < -0.39 is 14.9 Å². The highest BCUT2D eigenvalue weighted by Crippen LogP contribution is 2.18. The first-order valence-corrected chi connectivity index (χ1v) is 12.2. The third-order valence-electron chi connectivity index (χ3n) is 4.40. The molecular weight excluding hydrogens is 398 g/mol. The van der Waals surface area contributed by atoms with Gasteiger partial charge in [-0.2, -0.15) is 0 Å². The molecule has 0 aromatic rings. The van der Waals surface area contributed by atoms with Gasteiger partial charge < -0.3 is 37.5 Å². The van der Waals surface area contributed by atoms with Crippen molar-refractivity contribution in [2.75, 3.05) is 61.4 Å². The molecule has 1 N–H and O–H groups in total. The van der Waals surface area contributed by atoms with Crippen LogP contribution in [0.25, 0.3) is 0 Å². The Bertz CT molecular complexity index is 390. The number of alkyl carbamates (subject to hydrolysis) is 1. The molecule has 10 heteroatoms. The van der Waals surface area contributed by atoms with Gasteiger partial charge in [0.1, 0.15) is 0 Å². The molecule has 0 rings (SSSR count). The van der Waals surface area contributed by atoms with Crippen LogP contribution < -0.4 is 5.32 Å². The lowest BCUT2D eigenvalue weighted by molar-refractivity contribution is -0.0415. The Kier molecular flexibility index (Phi) is 17.6. The second-order valence-electron chi connectivity index (χ2n) is 6.63. The number of unbranched alkanes of at least 4 members (excludes halogenated alkanes) is 1. The number of ether oxygens (including phenoxy) is 4. The summed E-state index contributed by atoms with van der Waals surface area (Å²) in [7, 11) is 3.96. The number of nitrogens with one attached hydrogen (secondary N) is 1. The van der Waals surface area contributed by atoms with Gasteiger partial charge in [0.15, 0.2) is 0 Å². The van der Waals surface area contributed by atoms with E-state index in [1.165, 1.54) is 0 Å². The Hall–Kier alpha value is -0.753. The summed E-state index contributed by atoms with van der Waals surface area (Å²) >= 11 is 0. The van der Waals surface area contributed by atoms with E-state index in [1.807, 2.05) is 6.92 Å². The minimum absolute atomic E-state index is 0.0347. The molecule has 0 heterocycles. The van der Waals surface area contributed by atoms with Gasteiger partial charge in [-0.15, -0.1) is 0 Å². The number of hydrogen-bond donors (Lipinski definition) is 1. The fourth-order valence-electron chi connectivity index (χ4n) is 2.70. The van der Waals surface area contributed by atoms with E-state index >= 15 is 0 Å². The number of methoxy groups -OCH3 is 1. The maximum atomic E-state index is 11.6. The topological polar surface area (TPSA) is 93.7 Å². The molecule has 0 radical (unpaired) electrons. The molecule has 0 aromatic heterocycles. The quantitative estimate of drug-likeness (QED) is 0.242. The minimum atomic E-state index is -2.56. The number of carbonyl (C=O) groups is 1. The van der Waals surface area contributed by atoms with Crippen LogP contribution in [0.2, 0.25) is 6.04 Å². The monoisotopic (exact) mass is 439 g/mol. The van der Waals surface area contributed by atoms with Crippen LogP contribution in [0.5, 0.6) is 0 Å². The molecule has 0 aromatic carbocycles. The minimum Gasteiger partial charge on any atom is -0.450 e. The summed E-state index contributed by atoms with van der Waals surface area (Å²) in [5.74, 6) is 0. The van der Waals surface area contributed by atoms with Gasteiger partial charge in [0.25, 0.3) is 0 Å². The number of amides is 1. The molecule has 0 aliphatic heterocycles. The Labute approximate surface area is 177 Å². The van der Waals surface area contributed by atoms with Crippen LogP contribution in [0.4, 0.5) is 4.79 Å². The van der Waals surface area contributed by atoms with Crippen LogP contribution in [0, 0.1) is 0 Å². The molecule has 174 valence electrons. The van der Waals surface area contributed by atoms with Gasteiger partial charge in [-0.25, -0.2) is 4.79 Å². The smallest absolute Gasteiger partial charge is 0.450 e. The van der Waals surface area contributed by atoms with Gasteiger partial charge >= 0.3 is 14.9 Å². The molecule has 0 spiro atoms. The maximum absolute atomic E-state index is 11.6. The van der Waals surface area contributed by atoms with Crippen LogP contribution in [-0.2, 0) is 32.2 Å². The van der Waals surface area contributed by atoms with Gasteiger partial charge in [-0.3, -0.25) is 0 Å². The van der Waals surface area contributed by atoms with Crippen molar-refractivity contribution < 1.29 is 37.0 Å². The molecule has 2 atom stereocenters. The molecule has 1 amide bonds. The molecule has 29 heavy (non-hydrogen) atoms. The Morgan fingerprint density at radius 3 is 2.24 bits per heavy atom. The lowest BCUT2D eigenvalue weighted by atomic mass is 10.1.